The molecule has 0 saturated heterocycles. The topological polar surface area (TPSA) is 72.0 Å². The van der Waals surface area contributed by atoms with Gasteiger partial charge in [-0.1, -0.05) is 15.9 Å². The summed E-state index contributed by atoms with van der Waals surface area (Å²) in [4.78, 5) is 12.0. The first-order chi connectivity index (χ1) is 12.9. The fraction of sp³-hybridized carbons (Fsp3) is 0.263. The van der Waals surface area contributed by atoms with Gasteiger partial charge in [-0.2, -0.15) is 5.10 Å². The van der Waals surface area contributed by atoms with Gasteiger partial charge < -0.3 is 14.8 Å². The van der Waals surface area contributed by atoms with Crippen LogP contribution < -0.4 is 20.2 Å². The number of rotatable bonds is 7. The lowest BCUT2D eigenvalue weighted by atomic mass is 10.2. The number of anilines is 1. The maximum absolute atomic E-state index is 12.0. The Balaban J connectivity index is 2.04. The van der Waals surface area contributed by atoms with Gasteiger partial charge in [0.05, 0.1) is 23.0 Å². The van der Waals surface area contributed by atoms with Crippen molar-refractivity contribution in [3.8, 4) is 11.5 Å². The van der Waals surface area contributed by atoms with E-state index in [1.807, 2.05) is 51.1 Å². The predicted octanol–water partition coefficient (Wildman–Crippen LogP) is 5.32. The monoisotopic (exact) mass is 545 g/mol. The molecule has 0 bridgehead atoms. The Bertz CT molecular complexity index is 843. The van der Waals surface area contributed by atoms with Gasteiger partial charge in [0.1, 0.15) is 0 Å². The van der Waals surface area contributed by atoms with E-state index >= 15 is 0 Å². The van der Waals surface area contributed by atoms with E-state index in [1.165, 1.54) is 0 Å². The second kappa shape index (κ2) is 10.5. The molecule has 0 saturated carbocycles. The number of amides is 2. The van der Waals surface area contributed by atoms with E-state index in [4.69, 9.17) is 9.47 Å². The number of nitrogens with one attached hydrogen (secondary N) is 2. The number of aryl methyl sites for hydroxylation is 1. The Kier molecular flexibility index (Phi) is 8.36. The normalized spacial score (nSPS) is 10.7. The summed E-state index contributed by atoms with van der Waals surface area (Å²) in [6, 6.07) is 8.89. The summed E-state index contributed by atoms with van der Waals surface area (Å²) in [5.41, 5.74) is 4.98. The summed E-state index contributed by atoms with van der Waals surface area (Å²) in [6.07, 6.45) is 1.56. The molecule has 2 N–H and O–H groups in total. The summed E-state index contributed by atoms with van der Waals surface area (Å²) in [5, 5.41) is 6.73. The number of halogens is 2. The molecule has 2 amide bonds. The van der Waals surface area contributed by atoms with E-state index < -0.39 is 6.03 Å². The Morgan fingerprint density at radius 3 is 2.63 bits per heavy atom. The Hall–Kier alpha value is -1.81. The van der Waals surface area contributed by atoms with Crippen LogP contribution in [0.3, 0.4) is 0 Å². The molecule has 0 unspecified atom stereocenters. The molecule has 0 radical (unpaired) electrons. The fourth-order valence-electron chi connectivity index (χ4n) is 2.26. The van der Waals surface area contributed by atoms with Gasteiger partial charge in [0, 0.05) is 10.2 Å². The number of nitrogens with zero attached hydrogens (tertiary/aromatic N) is 1. The molecule has 2 aromatic rings. The number of hydrogen-bond acceptors (Lipinski definition) is 4. The molecule has 0 aliphatic heterocycles. The van der Waals surface area contributed by atoms with Crippen LogP contribution in [0.2, 0.25) is 0 Å². The maximum Gasteiger partial charge on any atom is 0.339 e. The average Bonchev–Trinajstić information content (AvgIpc) is 2.61. The van der Waals surface area contributed by atoms with Crippen LogP contribution in [-0.4, -0.2) is 25.5 Å². The van der Waals surface area contributed by atoms with Crippen molar-refractivity contribution in [1.82, 2.24) is 5.43 Å². The molecule has 27 heavy (non-hydrogen) atoms. The first-order valence-corrected chi connectivity index (χ1v) is 10.3. The lowest BCUT2D eigenvalue weighted by molar-refractivity contribution is 0.252. The molecular weight excluding hydrogens is 525 g/mol. The van der Waals surface area contributed by atoms with Crippen LogP contribution in [0.5, 0.6) is 11.5 Å². The molecule has 144 valence electrons. The van der Waals surface area contributed by atoms with Crippen molar-refractivity contribution >= 4 is 56.5 Å². The number of urea groups is 1. The second-order valence-corrected chi connectivity index (χ2v) is 7.50. The smallest absolute Gasteiger partial charge is 0.339 e. The van der Waals surface area contributed by atoms with Crippen LogP contribution in [-0.2, 0) is 0 Å². The molecule has 6 nitrogen and oxygen atoms in total. The first-order valence-electron chi connectivity index (χ1n) is 8.40. The fourth-order valence-corrected chi connectivity index (χ4v) is 3.28. The summed E-state index contributed by atoms with van der Waals surface area (Å²) >= 11 is 5.62. The van der Waals surface area contributed by atoms with Crippen LogP contribution >= 0.6 is 38.5 Å². The summed E-state index contributed by atoms with van der Waals surface area (Å²) in [7, 11) is 0. The van der Waals surface area contributed by atoms with Crippen molar-refractivity contribution in [3.63, 3.8) is 0 Å². The third-order valence-corrected chi connectivity index (χ3v) is 5.11. The molecule has 0 spiro atoms. The number of benzene rings is 2. The molecule has 0 aliphatic rings. The minimum Gasteiger partial charge on any atom is -0.490 e. The van der Waals surface area contributed by atoms with E-state index in [2.05, 4.69) is 54.4 Å². The number of hydrazone groups is 1. The number of carbonyl (C=O) groups is 1. The van der Waals surface area contributed by atoms with Crippen molar-refractivity contribution in [2.45, 2.75) is 20.8 Å². The predicted molar refractivity (Wildman–Crippen MR) is 120 cm³/mol. The highest BCUT2D eigenvalue weighted by Crippen LogP contribution is 2.33. The molecule has 2 rings (SSSR count). The molecule has 8 heteroatoms. The van der Waals surface area contributed by atoms with Crippen LogP contribution in [0, 0.1) is 10.5 Å². The minimum absolute atomic E-state index is 0.418. The molecule has 0 atom stereocenters. The number of hydrogen-bond donors (Lipinski definition) is 2. The van der Waals surface area contributed by atoms with Gasteiger partial charge in [-0.05, 0) is 84.8 Å². The maximum atomic E-state index is 12.0. The third-order valence-electron chi connectivity index (χ3n) is 3.42. The standard InChI is InChI=1S/C19H21BrIN3O3/c1-4-26-17-10-13(9-16(21)18(17)27-5-2)11-22-24-19(25)23-14-6-7-15(20)12(3)8-14/h6-11H,4-5H2,1-3H3,(H2,23,24,25)/b22-11+. The summed E-state index contributed by atoms with van der Waals surface area (Å²) in [6.45, 7) is 6.88. The van der Waals surface area contributed by atoms with Crippen LogP contribution in [0.4, 0.5) is 10.5 Å². The lowest BCUT2D eigenvalue weighted by Gasteiger charge is -2.13. The third kappa shape index (κ3) is 6.39. The quantitative estimate of drug-likeness (QED) is 0.281. The van der Waals surface area contributed by atoms with Crippen molar-refractivity contribution in [2.75, 3.05) is 18.5 Å². The van der Waals surface area contributed by atoms with E-state index in [0.717, 1.165) is 19.2 Å². The SMILES string of the molecule is CCOc1cc(/C=N/NC(=O)Nc2ccc(Br)c(C)c2)cc(I)c1OCC. The zero-order chi connectivity index (χ0) is 19.8. The molecule has 0 heterocycles. The van der Waals surface area contributed by atoms with E-state index in [0.29, 0.717) is 30.4 Å². The first kappa shape index (κ1) is 21.5. The highest BCUT2D eigenvalue weighted by Gasteiger charge is 2.11. The largest absolute Gasteiger partial charge is 0.490 e. The van der Waals surface area contributed by atoms with Gasteiger partial charge in [-0.3, -0.25) is 0 Å². The highest BCUT2D eigenvalue weighted by molar-refractivity contribution is 14.1. The zero-order valence-electron chi connectivity index (χ0n) is 15.3. The minimum atomic E-state index is -0.418. The Morgan fingerprint density at radius 1 is 1.22 bits per heavy atom. The zero-order valence-corrected chi connectivity index (χ0v) is 19.0. The molecule has 0 aliphatic carbocycles. The van der Waals surface area contributed by atoms with E-state index in [-0.39, 0.29) is 0 Å². The van der Waals surface area contributed by atoms with Gasteiger partial charge in [-0.25, -0.2) is 10.2 Å². The van der Waals surface area contributed by atoms with Gasteiger partial charge in [-0.15, -0.1) is 0 Å². The molecular formula is C19H21BrIN3O3. The van der Waals surface area contributed by atoms with Crippen molar-refractivity contribution < 1.29 is 14.3 Å². The van der Waals surface area contributed by atoms with Gasteiger partial charge in [0.2, 0.25) is 0 Å². The molecule has 2 aromatic carbocycles. The van der Waals surface area contributed by atoms with Crippen LogP contribution in [0.25, 0.3) is 0 Å². The molecule has 0 fully saturated rings. The number of ether oxygens (including phenoxy) is 2. The highest BCUT2D eigenvalue weighted by atomic mass is 127. The van der Waals surface area contributed by atoms with Gasteiger partial charge >= 0.3 is 6.03 Å². The van der Waals surface area contributed by atoms with Gasteiger partial charge in [0.25, 0.3) is 0 Å². The summed E-state index contributed by atoms with van der Waals surface area (Å²) in [5.74, 6) is 1.37. The van der Waals surface area contributed by atoms with Crippen molar-refractivity contribution in [3.05, 3.63) is 49.5 Å². The Morgan fingerprint density at radius 2 is 1.96 bits per heavy atom. The van der Waals surface area contributed by atoms with E-state index in [1.54, 1.807) is 6.21 Å². The van der Waals surface area contributed by atoms with Crippen molar-refractivity contribution in [2.24, 2.45) is 5.10 Å². The lowest BCUT2D eigenvalue weighted by Crippen LogP contribution is -2.24. The van der Waals surface area contributed by atoms with Gasteiger partial charge in [0.15, 0.2) is 11.5 Å². The Labute approximate surface area is 181 Å². The van der Waals surface area contributed by atoms with E-state index in [9.17, 15) is 4.79 Å². The van der Waals surface area contributed by atoms with Crippen LogP contribution in [0.1, 0.15) is 25.0 Å². The second-order valence-electron chi connectivity index (χ2n) is 5.48. The van der Waals surface area contributed by atoms with Crippen LogP contribution in [0.15, 0.2) is 39.9 Å². The van der Waals surface area contributed by atoms with Crippen molar-refractivity contribution in [1.29, 1.82) is 0 Å². The number of carbonyl (C=O) groups excluding carboxylic acids is 1. The average molecular weight is 546 g/mol. The molecule has 0 aromatic heterocycles. The summed E-state index contributed by atoms with van der Waals surface area (Å²) < 4.78 is 13.2.